The summed E-state index contributed by atoms with van der Waals surface area (Å²) in [6, 6.07) is 0.478. The van der Waals surface area contributed by atoms with E-state index in [4.69, 9.17) is 12.6 Å². The summed E-state index contributed by atoms with van der Waals surface area (Å²) < 4.78 is 7.32. The number of nitrogens with zero attached hydrogens (tertiary/aromatic N) is 2. The minimum absolute atomic E-state index is 0.478. The third-order valence-corrected chi connectivity index (χ3v) is 2.62. The fourth-order valence-corrected chi connectivity index (χ4v) is 1.73. The highest BCUT2D eigenvalue weighted by Crippen LogP contribution is 2.20. The van der Waals surface area contributed by atoms with Crippen molar-refractivity contribution in [3.05, 3.63) is 11.9 Å². The van der Waals surface area contributed by atoms with Crippen LogP contribution in [0.15, 0.2) is 6.20 Å². The minimum Gasteiger partial charge on any atom is -0.381 e. The Morgan fingerprint density at radius 1 is 1.54 bits per heavy atom. The van der Waals surface area contributed by atoms with Crippen LogP contribution in [0.25, 0.3) is 0 Å². The summed E-state index contributed by atoms with van der Waals surface area (Å²) in [5, 5.41) is 4.28. The predicted octanol–water partition coefficient (Wildman–Crippen LogP) is 0.337. The van der Waals surface area contributed by atoms with Crippen LogP contribution in [0.1, 0.15) is 24.6 Å². The minimum atomic E-state index is 0.478. The van der Waals surface area contributed by atoms with Gasteiger partial charge in [0.25, 0.3) is 0 Å². The van der Waals surface area contributed by atoms with Crippen molar-refractivity contribution >= 4 is 13.3 Å². The Morgan fingerprint density at radius 2 is 2.23 bits per heavy atom. The molecule has 68 valence electrons. The number of aromatic nitrogens is 2. The second-order valence-corrected chi connectivity index (χ2v) is 3.47. The molecule has 13 heavy (non-hydrogen) atoms. The first kappa shape index (κ1) is 8.82. The maximum Gasteiger partial charge on any atom is 0.118 e. The predicted molar refractivity (Wildman–Crippen MR) is 51.4 cm³/mol. The molecule has 1 aromatic rings. The molecule has 3 nitrogen and oxygen atoms in total. The van der Waals surface area contributed by atoms with Gasteiger partial charge in [0.15, 0.2) is 0 Å². The Labute approximate surface area is 79.5 Å². The van der Waals surface area contributed by atoms with Gasteiger partial charge in [-0.3, -0.25) is 4.68 Å². The normalized spacial score (nSPS) is 19.2. The van der Waals surface area contributed by atoms with E-state index in [1.165, 1.54) is 0 Å². The van der Waals surface area contributed by atoms with Crippen LogP contribution in [0.2, 0.25) is 0 Å². The van der Waals surface area contributed by atoms with Gasteiger partial charge in [-0.05, 0) is 19.8 Å². The van der Waals surface area contributed by atoms with E-state index in [9.17, 15) is 0 Å². The van der Waals surface area contributed by atoms with Gasteiger partial charge in [0.1, 0.15) is 7.85 Å². The lowest BCUT2D eigenvalue weighted by Crippen LogP contribution is -2.22. The van der Waals surface area contributed by atoms with Crippen LogP contribution in [-0.2, 0) is 4.74 Å². The number of hydrogen-bond donors (Lipinski definition) is 0. The molecule has 1 saturated heterocycles. The molecule has 1 aliphatic rings. The first-order chi connectivity index (χ1) is 6.29. The van der Waals surface area contributed by atoms with Crippen molar-refractivity contribution in [1.82, 2.24) is 9.78 Å². The zero-order chi connectivity index (χ0) is 9.26. The molecule has 1 aliphatic heterocycles. The summed E-state index contributed by atoms with van der Waals surface area (Å²) in [4.78, 5) is 0. The van der Waals surface area contributed by atoms with E-state index in [1.807, 2.05) is 11.6 Å². The molecule has 1 aromatic heterocycles. The molecular weight excluding hydrogens is 163 g/mol. The Hall–Kier alpha value is -0.765. The fourth-order valence-electron chi connectivity index (χ4n) is 1.73. The molecule has 0 spiro atoms. The molecule has 1 fully saturated rings. The Balaban J connectivity index is 2.18. The molecule has 0 atom stereocenters. The van der Waals surface area contributed by atoms with Crippen molar-refractivity contribution in [2.75, 3.05) is 13.2 Å². The average molecular weight is 176 g/mol. The summed E-state index contributed by atoms with van der Waals surface area (Å²) >= 11 is 0. The van der Waals surface area contributed by atoms with Crippen molar-refractivity contribution in [2.45, 2.75) is 25.8 Å². The third-order valence-electron chi connectivity index (χ3n) is 2.62. The first-order valence-corrected chi connectivity index (χ1v) is 4.66. The lowest BCUT2D eigenvalue weighted by atomic mass is 9.97. The molecule has 0 saturated carbocycles. The van der Waals surface area contributed by atoms with Gasteiger partial charge >= 0.3 is 0 Å². The molecule has 2 heterocycles. The monoisotopic (exact) mass is 176 g/mol. The smallest absolute Gasteiger partial charge is 0.118 e. The van der Waals surface area contributed by atoms with Gasteiger partial charge < -0.3 is 4.74 Å². The largest absolute Gasteiger partial charge is 0.381 e. The van der Waals surface area contributed by atoms with Crippen molar-refractivity contribution in [1.29, 1.82) is 0 Å². The van der Waals surface area contributed by atoms with Gasteiger partial charge in [-0.2, -0.15) is 5.10 Å². The van der Waals surface area contributed by atoms with Crippen LogP contribution < -0.4 is 5.46 Å². The van der Waals surface area contributed by atoms with E-state index in [-0.39, 0.29) is 0 Å². The van der Waals surface area contributed by atoms with Crippen LogP contribution in [0.5, 0.6) is 0 Å². The van der Waals surface area contributed by atoms with E-state index >= 15 is 0 Å². The summed E-state index contributed by atoms with van der Waals surface area (Å²) in [6.45, 7) is 3.69. The van der Waals surface area contributed by atoms with E-state index in [2.05, 4.69) is 5.10 Å². The fraction of sp³-hybridized carbons (Fsp3) is 0.667. The lowest BCUT2D eigenvalue weighted by molar-refractivity contribution is 0.0657. The lowest BCUT2D eigenvalue weighted by Gasteiger charge is -2.23. The zero-order valence-corrected chi connectivity index (χ0v) is 7.86. The number of hydrogen-bond acceptors (Lipinski definition) is 2. The highest BCUT2D eigenvalue weighted by Gasteiger charge is 2.17. The molecule has 4 heteroatoms. The summed E-state index contributed by atoms with van der Waals surface area (Å²) in [5.41, 5.74) is 1.86. The zero-order valence-electron chi connectivity index (χ0n) is 7.86. The van der Waals surface area contributed by atoms with E-state index < -0.39 is 0 Å². The summed E-state index contributed by atoms with van der Waals surface area (Å²) in [7, 11) is 5.73. The van der Waals surface area contributed by atoms with Crippen LogP contribution in [-0.4, -0.2) is 30.8 Å². The van der Waals surface area contributed by atoms with Crippen LogP contribution in [0.3, 0.4) is 0 Å². The van der Waals surface area contributed by atoms with Crippen LogP contribution in [0, 0.1) is 6.92 Å². The second kappa shape index (κ2) is 3.54. The molecule has 0 aliphatic carbocycles. The summed E-state index contributed by atoms with van der Waals surface area (Å²) in [5.74, 6) is 0. The quantitative estimate of drug-likeness (QED) is 0.576. The molecule has 0 amide bonds. The molecule has 0 bridgehead atoms. The maximum absolute atomic E-state index is 5.73. The number of rotatable bonds is 1. The topological polar surface area (TPSA) is 27.1 Å². The summed E-state index contributed by atoms with van der Waals surface area (Å²) in [6.07, 6.45) is 3.81. The first-order valence-electron chi connectivity index (χ1n) is 4.66. The molecule has 2 rings (SSSR count). The Bertz CT molecular complexity index is 292. The van der Waals surface area contributed by atoms with Crippen molar-refractivity contribution < 1.29 is 4.74 Å². The standard InChI is InChI=1S/C9H13BN2O/c1-7-9(10)6-11-12(7)8-2-4-13-5-3-8/h6,8H,2-5H2,1H3. The Morgan fingerprint density at radius 3 is 2.77 bits per heavy atom. The van der Waals surface area contributed by atoms with Crippen molar-refractivity contribution in [3.63, 3.8) is 0 Å². The second-order valence-electron chi connectivity index (χ2n) is 3.47. The van der Waals surface area contributed by atoms with E-state index in [0.717, 1.165) is 37.2 Å². The highest BCUT2D eigenvalue weighted by molar-refractivity contribution is 6.32. The Kier molecular flexibility index (Phi) is 2.40. The van der Waals surface area contributed by atoms with Crippen LogP contribution in [0.4, 0.5) is 0 Å². The molecule has 0 aromatic carbocycles. The molecule has 0 unspecified atom stereocenters. The maximum atomic E-state index is 5.73. The molecular formula is C9H13BN2O. The molecule has 0 N–H and O–H groups in total. The van der Waals surface area contributed by atoms with Crippen molar-refractivity contribution in [3.8, 4) is 0 Å². The van der Waals surface area contributed by atoms with Crippen LogP contribution >= 0.6 is 0 Å². The third kappa shape index (κ3) is 1.63. The van der Waals surface area contributed by atoms with E-state index in [1.54, 1.807) is 6.20 Å². The highest BCUT2D eigenvalue weighted by atomic mass is 16.5. The average Bonchev–Trinajstić information content (AvgIpc) is 2.49. The van der Waals surface area contributed by atoms with Gasteiger partial charge in [0, 0.05) is 25.1 Å². The molecule has 2 radical (unpaired) electrons. The SMILES string of the molecule is [B]c1cnn(C2CCOCC2)c1C. The van der Waals surface area contributed by atoms with Crippen molar-refractivity contribution in [2.24, 2.45) is 0 Å². The van der Waals surface area contributed by atoms with Gasteiger partial charge in [0.2, 0.25) is 0 Å². The van der Waals surface area contributed by atoms with Gasteiger partial charge in [-0.1, -0.05) is 5.46 Å². The number of ether oxygens (including phenoxy) is 1. The van der Waals surface area contributed by atoms with E-state index in [0.29, 0.717) is 6.04 Å². The van der Waals surface area contributed by atoms with Gasteiger partial charge in [0.05, 0.1) is 6.04 Å². The van der Waals surface area contributed by atoms with Gasteiger partial charge in [-0.25, -0.2) is 0 Å². The van der Waals surface area contributed by atoms with Gasteiger partial charge in [-0.15, -0.1) is 0 Å².